The van der Waals surface area contributed by atoms with E-state index in [1.54, 1.807) is 13.8 Å². The lowest BCUT2D eigenvalue weighted by molar-refractivity contribution is 0.134. The molecule has 4 rings (SSSR count). The summed E-state index contributed by atoms with van der Waals surface area (Å²) in [7, 11) is -3.97. The number of benzene rings is 1. The van der Waals surface area contributed by atoms with Crippen LogP contribution in [-0.4, -0.2) is 18.6 Å². The van der Waals surface area contributed by atoms with Crippen molar-refractivity contribution in [2.75, 3.05) is 4.72 Å². The molecule has 0 saturated carbocycles. The van der Waals surface area contributed by atoms with E-state index in [4.69, 9.17) is 20.9 Å². The SMILES string of the molecule is Cc1onc(NS(=O)(=O)c2cccnc2C#Cc2cc3c(cc2Cl)COC3)c1C. The van der Waals surface area contributed by atoms with Gasteiger partial charge in [0.2, 0.25) is 0 Å². The van der Waals surface area contributed by atoms with Gasteiger partial charge in [0.05, 0.1) is 18.2 Å². The summed E-state index contributed by atoms with van der Waals surface area (Å²) >= 11 is 6.30. The van der Waals surface area contributed by atoms with Crippen LogP contribution in [0.2, 0.25) is 5.02 Å². The Hall–Kier alpha value is -2.86. The van der Waals surface area contributed by atoms with E-state index in [-0.39, 0.29) is 16.4 Å². The van der Waals surface area contributed by atoms with Gasteiger partial charge in [-0.15, -0.1) is 0 Å². The van der Waals surface area contributed by atoms with E-state index >= 15 is 0 Å². The van der Waals surface area contributed by atoms with Crippen LogP contribution < -0.4 is 4.72 Å². The summed E-state index contributed by atoms with van der Waals surface area (Å²) in [4.78, 5) is 4.07. The Bertz CT molecular complexity index is 1270. The number of ether oxygens (including phenoxy) is 1. The van der Waals surface area contributed by atoms with Crippen molar-refractivity contribution in [3.05, 3.63) is 69.2 Å². The quantitative estimate of drug-likeness (QED) is 0.639. The molecule has 3 heterocycles. The zero-order valence-corrected chi connectivity index (χ0v) is 17.2. The highest BCUT2D eigenvalue weighted by Crippen LogP contribution is 2.27. The van der Waals surface area contributed by atoms with Gasteiger partial charge in [-0.1, -0.05) is 22.7 Å². The number of sulfonamides is 1. The smallest absolute Gasteiger partial charge is 0.265 e. The molecule has 148 valence electrons. The molecule has 0 amide bonds. The van der Waals surface area contributed by atoms with Gasteiger partial charge in [0.25, 0.3) is 10.0 Å². The van der Waals surface area contributed by atoms with Crippen LogP contribution in [0.3, 0.4) is 0 Å². The molecule has 0 saturated heterocycles. The molecule has 1 N–H and O–H groups in total. The van der Waals surface area contributed by atoms with Crippen LogP contribution in [0.25, 0.3) is 0 Å². The summed E-state index contributed by atoms with van der Waals surface area (Å²) in [6, 6.07) is 6.63. The summed E-state index contributed by atoms with van der Waals surface area (Å²) in [5, 5.41) is 4.22. The molecule has 7 nitrogen and oxygen atoms in total. The van der Waals surface area contributed by atoms with Crippen molar-refractivity contribution in [2.45, 2.75) is 32.0 Å². The first-order chi connectivity index (χ1) is 13.8. The first-order valence-electron chi connectivity index (χ1n) is 8.67. The van der Waals surface area contributed by atoms with E-state index in [9.17, 15) is 8.42 Å². The zero-order chi connectivity index (χ0) is 20.6. The molecule has 0 aliphatic carbocycles. The van der Waals surface area contributed by atoms with Crippen LogP contribution in [0.5, 0.6) is 0 Å². The van der Waals surface area contributed by atoms with Crippen molar-refractivity contribution in [3.8, 4) is 11.8 Å². The Labute approximate surface area is 173 Å². The molecule has 29 heavy (non-hydrogen) atoms. The largest absolute Gasteiger partial charge is 0.372 e. The third-order valence-corrected chi connectivity index (χ3v) is 6.25. The second kappa shape index (κ2) is 7.52. The predicted molar refractivity (Wildman–Crippen MR) is 107 cm³/mol. The molecule has 9 heteroatoms. The van der Waals surface area contributed by atoms with Gasteiger partial charge in [0.15, 0.2) is 5.82 Å². The van der Waals surface area contributed by atoms with Gasteiger partial charge in [0, 0.05) is 17.3 Å². The van der Waals surface area contributed by atoms with Gasteiger partial charge in [-0.3, -0.25) is 4.72 Å². The van der Waals surface area contributed by atoms with Crippen LogP contribution in [0.4, 0.5) is 5.82 Å². The summed E-state index contributed by atoms with van der Waals surface area (Å²) in [5.74, 6) is 6.41. The maximum Gasteiger partial charge on any atom is 0.265 e. The second-order valence-electron chi connectivity index (χ2n) is 6.51. The minimum atomic E-state index is -3.97. The number of anilines is 1. The fraction of sp³-hybridized carbons (Fsp3) is 0.200. The van der Waals surface area contributed by atoms with Crippen molar-refractivity contribution in [1.82, 2.24) is 10.1 Å². The van der Waals surface area contributed by atoms with Crippen LogP contribution in [0.15, 0.2) is 39.9 Å². The number of hydrogen-bond acceptors (Lipinski definition) is 6. The van der Waals surface area contributed by atoms with Crippen molar-refractivity contribution in [1.29, 1.82) is 0 Å². The van der Waals surface area contributed by atoms with Crippen molar-refractivity contribution in [2.24, 2.45) is 0 Å². The standard InChI is InChI=1S/C20H16ClN3O4S/c1-12-13(2)28-23-20(12)24-29(25,26)19-4-3-7-22-18(19)6-5-14-8-15-10-27-11-16(15)9-17(14)21/h3-4,7-9H,10-11H2,1-2H3,(H,23,24). The molecule has 0 atom stereocenters. The number of halogens is 1. The summed E-state index contributed by atoms with van der Waals surface area (Å²) in [6.45, 7) is 4.45. The first kappa shape index (κ1) is 19.5. The van der Waals surface area contributed by atoms with E-state index in [0.29, 0.717) is 35.1 Å². The summed E-state index contributed by atoms with van der Waals surface area (Å²) in [5.41, 5.74) is 3.35. The van der Waals surface area contributed by atoms with Gasteiger partial charge >= 0.3 is 0 Å². The molecule has 0 fully saturated rings. The van der Waals surface area contributed by atoms with E-state index in [0.717, 1.165) is 11.1 Å². The van der Waals surface area contributed by atoms with Crippen LogP contribution in [0.1, 0.15) is 33.7 Å². The number of aromatic nitrogens is 2. The van der Waals surface area contributed by atoms with Gasteiger partial charge in [0.1, 0.15) is 16.3 Å². The highest BCUT2D eigenvalue weighted by Gasteiger charge is 2.22. The summed E-state index contributed by atoms with van der Waals surface area (Å²) < 4.78 is 38.6. The molecule has 0 bridgehead atoms. The minimum Gasteiger partial charge on any atom is -0.372 e. The van der Waals surface area contributed by atoms with Crippen LogP contribution in [0, 0.1) is 25.7 Å². The second-order valence-corrected chi connectivity index (χ2v) is 8.57. The van der Waals surface area contributed by atoms with E-state index in [1.165, 1.54) is 18.3 Å². The van der Waals surface area contributed by atoms with Crippen molar-refractivity contribution < 1.29 is 17.7 Å². The fourth-order valence-corrected chi connectivity index (χ4v) is 4.22. The van der Waals surface area contributed by atoms with Crippen molar-refractivity contribution >= 4 is 27.4 Å². The lowest BCUT2D eigenvalue weighted by Crippen LogP contribution is -2.15. The van der Waals surface area contributed by atoms with Gasteiger partial charge in [-0.05, 0) is 55.2 Å². The highest BCUT2D eigenvalue weighted by molar-refractivity contribution is 7.92. The molecule has 1 aliphatic heterocycles. The number of aryl methyl sites for hydroxylation is 1. The van der Waals surface area contributed by atoms with Crippen LogP contribution >= 0.6 is 11.6 Å². The Morgan fingerprint density at radius 1 is 1.17 bits per heavy atom. The number of nitrogens with zero attached hydrogens (tertiary/aromatic N) is 2. The highest BCUT2D eigenvalue weighted by atomic mass is 35.5. The van der Waals surface area contributed by atoms with Gasteiger partial charge in [-0.25, -0.2) is 13.4 Å². The Morgan fingerprint density at radius 2 is 1.93 bits per heavy atom. The Balaban J connectivity index is 1.70. The minimum absolute atomic E-state index is 0.0619. The molecule has 2 aromatic heterocycles. The van der Waals surface area contributed by atoms with Crippen LogP contribution in [-0.2, 0) is 28.0 Å². The number of fused-ring (bicyclic) bond motifs is 1. The maximum atomic E-state index is 12.9. The normalized spacial score (nSPS) is 12.9. The molecule has 0 spiro atoms. The number of pyridine rings is 1. The average Bonchev–Trinajstić information content (AvgIpc) is 3.27. The number of rotatable bonds is 3. The van der Waals surface area contributed by atoms with Gasteiger partial charge in [-0.2, -0.15) is 0 Å². The molecule has 3 aromatic rings. The van der Waals surface area contributed by atoms with Gasteiger partial charge < -0.3 is 9.26 Å². The molecule has 1 aliphatic rings. The monoisotopic (exact) mass is 429 g/mol. The topological polar surface area (TPSA) is 94.3 Å². The zero-order valence-electron chi connectivity index (χ0n) is 15.6. The third-order valence-electron chi connectivity index (χ3n) is 4.57. The third kappa shape index (κ3) is 3.85. The summed E-state index contributed by atoms with van der Waals surface area (Å²) in [6.07, 6.45) is 1.48. The number of hydrogen-bond donors (Lipinski definition) is 1. The van der Waals surface area contributed by atoms with E-state index in [2.05, 4.69) is 26.7 Å². The Kier molecular flexibility index (Phi) is 5.04. The predicted octanol–water partition coefficient (Wildman–Crippen LogP) is 3.57. The maximum absolute atomic E-state index is 12.9. The lowest BCUT2D eigenvalue weighted by Gasteiger charge is -2.07. The molecule has 0 unspecified atom stereocenters. The molecular weight excluding hydrogens is 414 g/mol. The van der Waals surface area contributed by atoms with E-state index in [1.807, 2.05) is 12.1 Å². The van der Waals surface area contributed by atoms with Crippen molar-refractivity contribution in [3.63, 3.8) is 0 Å². The first-order valence-corrected chi connectivity index (χ1v) is 10.5. The fourth-order valence-electron chi connectivity index (χ4n) is 2.82. The molecule has 0 radical (unpaired) electrons. The molecule has 1 aromatic carbocycles. The Morgan fingerprint density at radius 3 is 2.66 bits per heavy atom. The average molecular weight is 430 g/mol. The lowest BCUT2D eigenvalue weighted by atomic mass is 10.1. The van der Waals surface area contributed by atoms with E-state index < -0.39 is 10.0 Å². The number of nitrogens with one attached hydrogen (secondary N) is 1. The molecular formula is C20H16ClN3O4S.